The molecule has 0 fully saturated rings. The molecule has 25 heavy (non-hydrogen) atoms. The van der Waals surface area contributed by atoms with E-state index in [4.69, 9.17) is 9.73 Å². The summed E-state index contributed by atoms with van der Waals surface area (Å²) in [5.74, 6) is 0.793. The highest BCUT2D eigenvalue weighted by molar-refractivity contribution is 6.11. The standard InChI is InChI=1S/C21H27N3O/c1-4-5-6-7-9-16-12-17(23-15(16)2)13-20-21(25-3)14-19(24-20)18-10-8-11-22-18/h8,10-14,22-23H,4-7,9H2,1-3H3/b20-13-. The highest BCUT2D eigenvalue weighted by Gasteiger charge is 2.17. The first-order valence-electron chi connectivity index (χ1n) is 9.10. The minimum Gasteiger partial charge on any atom is -0.494 e. The van der Waals surface area contributed by atoms with Gasteiger partial charge in [0.2, 0.25) is 0 Å². The third kappa shape index (κ3) is 4.13. The largest absolute Gasteiger partial charge is 0.494 e. The molecule has 1 aliphatic heterocycles. The molecule has 0 amide bonds. The quantitative estimate of drug-likeness (QED) is 0.643. The van der Waals surface area contributed by atoms with Crippen molar-refractivity contribution >= 4 is 11.8 Å². The van der Waals surface area contributed by atoms with Gasteiger partial charge >= 0.3 is 0 Å². The van der Waals surface area contributed by atoms with E-state index in [0.717, 1.165) is 35.0 Å². The fourth-order valence-electron chi connectivity index (χ4n) is 3.17. The molecular formula is C21H27N3O. The molecule has 3 heterocycles. The summed E-state index contributed by atoms with van der Waals surface area (Å²) in [7, 11) is 1.69. The van der Waals surface area contributed by atoms with E-state index in [-0.39, 0.29) is 0 Å². The van der Waals surface area contributed by atoms with Gasteiger partial charge in [-0.25, -0.2) is 4.99 Å². The molecule has 2 aromatic rings. The molecule has 0 spiro atoms. The van der Waals surface area contributed by atoms with Crippen molar-refractivity contribution < 1.29 is 4.74 Å². The lowest BCUT2D eigenvalue weighted by atomic mass is 10.1. The van der Waals surface area contributed by atoms with Crippen molar-refractivity contribution in [3.63, 3.8) is 0 Å². The van der Waals surface area contributed by atoms with E-state index in [9.17, 15) is 0 Å². The number of aryl methyl sites for hydroxylation is 2. The number of methoxy groups -OCH3 is 1. The van der Waals surface area contributed by atoms with Crippen molar-refractivity contribution in [2.75, 3.05) is 7.11 Å². The van der Waals surface area contributed by atoms with Gasteiger partial charge in [0.15, 0.2) is 0 Å². The van der Waals surface area contributed by atoms with E-state index >= 15 is 0 Å². The average Bonchev–Trinajstić information content (AvgIpc) is 3.32. The summed E-state index contributed by atoms with van der Waals surface area (Å²) in [6.07, 6.45) is 12.2. The Morgan fingerprint density at radius 2 is 2.12 bits per heavy atom. The van der Waals surface area contributed by atoms with E-state index in [2.05, 4.69) is 36.0 Å². The van der Waals surface area contributed by atoms with Crippen LogP contribution in [0.1, 0.15) is 55.3 Å². The first kappa shape index (κ1) is 17.3. The molecular weight excluding hydrogens is 310 g/mol. The zero-order valence-corrected chi connectivity index (χ0v) is 15.4. The molecule has 2 N–H and O–H groups in total. The van der Waals surface area contributed by atoms with Crippen LogP contribution >= 0.6 is 0 Å². The van der Waals surface area contributed by atoms with Crippen LogP contribution in [0.2, 0.25) is 0 Å². The number of aromatic amines is 2. The van der Waals surface area contributed by atoms with Crippen molar-refractivity contribution in [3.05, 3.63) is 64.6 Å². The summed E-state index contributed by atoms with van der Waals surface area (Å²) in [5.41, 5.74) is 6.48. The molecule has 132 valence electrons. The van der Waals surface area contributed by atoms with Crippen LogP contribution in [-0.2, 0) is 11.2 Å². The number of unbranched alkanes of at least 4 members (excludes halogenated alkanes) is 3. The fourth-order valence-corrected chi connectivity index (χ4v) is 3.17. The molecule has 2 aromatic heterocycles. The number of ether oxygens (including phenoxy) is 1. The number of rotatable bonds is 8. The van der Waals surface area contributed by atoms with Crippen molar-refractivity contribution in [1.29, 1.82) is 0 Å². The Morgan fingerprint density at radius 3 is 2.84 bits per heavy atom. The Kier molecular flexibility index (Phi) is 5.59. The highest BCUT2D eigenvalue weighted by Crippen LogP contribution is 2.25. The zero-order valence-electron chi connectivity index (χ0n) is 15.4. The molecule has 0 unspecified atom stereocenters. The number of H-pyrrole nitrogens is 2. The fraction of sp³-hybridized carbons (Fsp3) is 0.381. The van der Waals surface area contributed by atoms with Crippen LogP contribution in [0, 0.1) is 6.92 Å². The molecule has 0 saturated carbocycles. The van der Waals surface area contributed by atoms with Crippen LogP contribution in [-0.4, -0.2) is 22.8 Å². The van der Waals surface area contributed by atoms with Gasteiger partial charge in [-0.05, 0) is 49.6 Å². The Labute approximate surface area is 149 Å². The average molecular weight is 337 g/mol. The third-order valence-corrected chi connectivity index (χ3v) is 4.59. The van der Waals surface area contributed by atoms with Gasteiger partial charge in [-0.1, -0.05) is 26.2 Å². The molecule has 0 aliphatic carbocycles. The van der Waals surface area contributed by atoms with Gasteiger partial charge in [0.25, 0.3) is 0 Å². The predicted octanol–water partition coefficient (Wildman–Crippen LogP) is 5.15. The topological polar surface area (TPSA) is 53.2 Å². The maximum Gasteiger partial charge on any atom is 0.146 e. The van der Waals surface area contributed by atoms with Gasteiger partial charge in [-0.3, -0.25) is 0 Å². The summed E-state index contributed by atoms with van der Waals surface area (Å²) in [6.45, 7) is 4.39. The maximum absolute atomic E-state index is 5.50. The normalized spacial score (nSPS) is 15.6. The van der Waals surface area contributed by atoms with Gasteiger partial charge in [-0.2, -0.15) is 0 Å². The second kappa shape index (κ2) is 8.06. The first-order chi connectivity index (χ1) is 12.2. The smallest absolute Gasteiger partial charge is 0.146 e. The summed E-state index contributed by atoms with van der Waals surface area (Å²) in [5, 5.41) is 0. The van der Waals surface area contributed by atoms with Crippen molar-refractivity contribution in [1.82, 2.24) is 9.97 Å². The molecule has 1 aliphatic rings. The second-order valence-corrected chi connectivity index (χ2v) is 6.51. The SMILES string of the molecule is CCCCCCc1cc(/C=C2\N=C(c3ccc[nH]3)C=C2OC)[nH]c1C. The minimum atomic E-state index is 0.793. The second-order valence-electron chi connectivity index (χ2n) is 6.51. The van der Waals surface area contributed by atoms with Gasteiger partial charge < -0.3 is 14.7 Å². The van der Waals surface area contributed by atoms with Crippen LogP contribution in [0.4, 0.5) is 0 Å². The lowest BCUT2D eigenvalue weighted by molar-refractivity contribution is 0.303. The van der Waals surface area contributed by atoms with E-state index in [1.807, 2.05) is 24.4 Å². The van der Waals surface area contributed by atoms with Gasteiger partial charge in [0, 0.05) is 23.7 Å². The zero-order chi connectivity index (χ0) is 17.6. The summed E-state index contributed by atoms with van der Waals surface area (Å²) in [4.78, 5) is 11.4. The Morgan fingerprint density at radius 1 is 1.24 bits per heavy atom. The van der Waals surface area contributed by atoms with Gasteiger partial charge in [0.05, 0.1) is 18.5 Å². The van der Waals surface area contributed by atoms with Crippen LogP contribution in [0.5, 0.6) is 0 Å². The lowest BCUT2D eigenvalue weighted by Crippen LogP contribution is -1.93. The molecule has 4 heteroatoms. The summed E-state index contributed by atoms with van der Waals surface area (Å²) in [6, 6.07) is 6.22. The third-order valence-electron chi connectivity index (χ3n) is 4.59. The molecule has 0 bridgehead atoms. The van der Waals surface area contributed by atoms with E-state index in [0.29, 0.717) is 0 Å². The predicted molar refractivity (Wildman–Crippen MR) is 104 cm³/mol. The van der Waals surface area contributed by atoms with E-state index in [1.54, 1.807) is 7.11 Å². The van der Waals surface area contributed by atoms with Crippen molar-refractivity contribution in [2.24, 2.45) is 4.99 Å². The summed E-state index contributed by atoms with van der Waals surface area (Å²) < 4.78 is 5.50. The van der Waals surface area contributed by atoms with Crippen molar-refractivity contribution in [3.8, 4) is 0 Å². The molecule has 0 atom stereocenters. The number of hydrogen-bond acceptors (Lipinski definition) is 2. The van der Waals surface area contributed by atoms with Crippen LogP contribution in [0.15, 0.2) is 46.9 Å². The monoisotopic (exact) mass is 337 g/mol. The highest BCUT2D eigenvalue weighted by atomic mass is 16.5. The number of nitrogens with zero attached hydrogens (tertiary/aromatic N) is 1. The first-order valence-corrected chi connectivity index (χ1v) is 9.10. The molecule has 3 rings (SSSR count). The Balaban J connectivity index is 1.77. The molecule has 4 nitrogen and oxygen atoms in total. The van der Waals surface area contributed by atoms with Crippen LogP contribution in [0.3, 0.4) is 0 Å². The number of aliphatic imine (C=N–C) groups is 1. The molecule has 0 saturated heterocycles. The number of allylic oxidation sites excluding steroid dienone is 1. The number of aromatic nitrogens is 2. The maximum atomic E-state index is 5.50. The van der Waals surface area contributed by atoms with Gasteiger partial charge in [-0.15, -0.1) is 0 Å². The lowest BCUT2D eigenvalue weighted by Gasteiger charge is -2.00. The van der Waals surface area contributed by atoms with Crippen molar-refractivity contribution in [2.45, 2.75) is 46.0 Å². The van der Waals surface area contributed by atoms with Gasteiger partial charge in [0.1, 0.15) is 11.5 Å². The molecule has 0 aromatic carbocycles. The number of nitrogens with one attached hydrogen (secondary N) is 2. The van der Waals surface area contributed by atoms with Crippen LogP contribution < -0.4 is 0 Å². The Bertz CT molecular complexity index is 791. The minimum absolute atomic E-state index is 0.793. The van der Waals surface area contributed by atoms with E-state index < -0.39 is 0 Å². The number of hydrogen-bond donors (Lipinski definition) is 2. The molecule has 0 radical (unpaired) electrons. The Hall–Kier alpha value is -2.49. The van der Waals surface area contributed by atoms with E-state index in [1.165, 1.54) is 36.9 Å². The summed E-state index contributed by atoms with van der Waals surface area (Å²) >= 11 is 0. The van der Waals surface area contributed by atoms with Crippen LogP contribution in [0.25, 0.3) is 6.08 Å².